The monoisotopic (exact) mass is 420 g/mol. The van der Waals surface area contributed by atoms with Crippen LogP contribution in [0.25, 0.3) is 10.8 Å². The Balaban J connectivity index is 2.48. The normalized spacial score (nSPS) is 12.9. The third kappa shape index (κ3) is 6.08. The van der Waals surface area contributed by atoms with Crippen LogP contribution in [0.5, 0.6) is 5.75 Å². The van der Waals surface area contributed by atoms with Crippen molar-refractivity contribution in [3.8, 4) is 5.75 Å². The zero-order valence-electron chi connectivity index (χ0n) is 18.5. The number of hydrazine groups is 1. The number of hydrogen-bond donors (Lipinski definition) is 3. The lowest BCUT2D eigenvalue weighted by Gasteiger charge is -2.26. The Labute approximate surface area is 184 Å². The van der Waals surface area contributed by atoms with Crippen molar-refractivity contribution >= 4 is 16.5 Å². The summed E-state index contributed by atoms with van der Waals surface area (Å²) in [5.74, 6) is 12.4. The molecule has 0 spiro atoms. The van der Waals surface area contributed by atoms with Gasteiger partial charge in [-0.1, -0.05) is 81.6 Å². The topological polar surface area (TPSA) is 85.8 Å². The number of hydrogen-bond acceptors (Lipinski definition) is 6. The van der Waals surface area contributed by atoms with Crippen molar-refractivity contribution in [1.29, 1.82) is 0 Å². The first kappa shape index (κ1) is 24.0. The van der Waals surface area contributed by atoms with Crippen molar-refractivity contribution in [2.45, 2.75) is 13.8 Å². The average Bonchev–Trinajstić information content (AvgIpc) is 2.77. The van der Waals surface area contributed by atoms with E-state index in [9.17, 15) is 0 Å². The van der Waals surface area contributed by atoms with Crippen LogP contribution in [0.3, 0.4) is 0 Å². The fourth-order valence-electron chi connectivity index (χ4n) is 3.34. The zero-order valence-corrected chi connectivity index (χ0v) is 18.5. The molecule has 0 fully saturated rings. The Morgan fingerprint density at radius 2 is 1.87 bits per heavy atom. The average molecular weight is 421 g/mol. The van der Waals surface area contributed by atoms with Crippen molar-refractivity contribution < 1.29 is 9.68 Å². The second-order valence-electron chi connectivity index (χ2n) is 7.32. The second kappa shape index (κ2) is 11.8. The van der Waals surface area contributed by atoms with Gasteiger partial charge in [0.05, 0.1) is 0 Å². The van der Waals surface area contributed by atoms with Crippen LogP contribution < -0.4 is 22.1 Å². The lowest BCUT2D eigenvalue weighted by atomic mass is 9.95. The third-order valence-corrected chi connectivity index (χ3v) is 4.83. The van der Waals surface area contributed by atoms with Crippen LogP contribution >= 0.6 is 0 Å². The molecular weight excluding hydrogens is 388 g/mol. The number of rotatable bonds is 11. The van der Waals surface area contributed by atoms with Gasteiger partial charge in [-0.3, -0.25) is 0 Å². The first-order valence-corrected chi connectivity index (χ1v) is 10.0. The maximum absolute atomic E-state index is 5.55. The molecule has 6 heteroatoms. The van der Waals surface area contributed by atoms with Gasteiger partial charge in [0.25, 0.3) is 0 Å². The van der Waals surface area contributed by atoms with Crippen molar-refractivity contribution in [2.24, 2.45) is 17.7 Å². The van der Waals surface area contributed by atoms with E-state index in [2.05, 4.69) is 32.4 Å². The van der Waals surface area contributed by atoms with E-state index >= 15 is 0 Å². The molecule has 6 nitrogen and oxygen atoms in total. The van der Waals surface area contributed by atoms with Crippen LogP contribution in [-0.2, 0) is 4.84 Å². The highest BCUT2D eigenvalue weighted by molar-refractivity contribution is 5.96. The van der Waals surface area contributed by atoms with Gasteiger partial charge in [0.1, 0.15) is 5.69 Å². The molecule has 0 heterocycles. The number of likely N-dealkylation sites (N-methyl/N-ethyl adjacent to an activating group) is 1. The zero-order chi connectivity index (χ0) is 22.8. The number of nitrogens with one attached hydrogen (secondary N) is 1. The van der Waals surface area contributed by atoms with Crippen LogP contribution in [0.1, 0.15) is 13.8 Å². The summed E-state index contributed by atoms with van der Waals surface area (Å²) >= 11 is 0. The van der Waals surface area contributed by atoms with Crippen molar-refractivity contribution in [1.82, 2.24) is 5.01 Å². The van der Waals surface area contributed by atoms with Gasteiger partial charge in [-0.2, -0.15) is 11.8 Å². The lowest BCUT2D eigenvalue weighted by Crippen LogP contribution is -2.30. The van der Waals surface area contributed by atoms with Gasteiger partial charge in [-0.05, 0) is 29.0 Å². The molecule has 0 unspecified atom stereocenters. The van der Waals surface area contributed by atoms with E-state index in [1.54, 1.807) is 18.2 Å². The summed E-state index contributed by atoms with van der Waals surface area (Å²) in [5, 5.41) is 4.07. The predicted molar refractivity (Wildman–Crippen MR) is 130 cm³/mol. The maximum Gasteiger partial charge on any atom is 0.171 e. The minimum atomic E-state index is 0.217. The molecule has 0 aliphatic carbocycles. The molecule has 0 amide bonds. The Morgan fingerprint density at radius 1 is 1.13 bits per heavy atom. The summed E-state index contributed by atoms with van der Waals surface area (Å²) < 4.78 is 0. The Hall–Kier alpha value is -3.32. The molecule has 2 aromatic rings. The highest BCUT2D eigenvalue weighted by atomic mass is 16.6. The molecule has 5 N–H and O–H groups in total. The number of fused-ring (bicyclic) bond motifs is 1. The molecule has 0 saturated heterocycles. The molecule has 0 aliphatic rings. The standard InChI is InChI=1S/C25H32N4O2/c1-6-8-13-21(23(30-26)11-7-2)22(18(3)4)17-29(5)28-25-20-14-10-9-12-19(20)15-16-24(25)31-27/h6-16,18,28H,1-2,17,26-27H2,3-5H3/b13-8-,22-21-,23-11+. The summed E-state index contributed by atoms with van der Waals surface area (Å²) in [4.78, 5) is 10.3. The van der Waals surface area contributed by atoms with E-state index in [0.717, 1.165) is 27.6 Å². The van der Waals surface area contributed by atoms with E-state index in [0.29, 0.717) is 18.1 Å². The van der Waals surface area contributed by atoms with E-state index in [1.807, 2.05) is 60.6 Å². The van der Waals surface area contributed by atoms with Crippen LogP contribution in [0.4, 0.5) is 5.69 Å². The van der Waals surface area contributed by atoms with Crippen LogP contribution in [0.2, 0.25) is 0 Å². The SMILES string of the molecule is C=C\C=C/C(C(=C\C=C)/ON)=C(\CN(C)Nc1c(ON)ccc2ccccc12)C(C)C. The van der Waals surface area contributed by atoms with Gasteiger partial charge < -0.3 is 15.1 Å². The molecule has 0 aliphatic heterocycles. The molecule has 2 rings (SSSR count). The minimum Gasteiger partial charge on any atom is -0.411 e. The summed E-state index contributed by atoms with van der Waals surface area (Å²) in [5.41, 5.74) is 6.21. The minimum absolute atomic E-state index is 0.217. The first-order valence-electron chi connectivity index (χ1n) is 10.0. The summed E-state index contributed by atoms with van der Waals surface area (Å²) in [6.45, 7) is 12.3. The quantitative estimate of drug-likeness (QED) is 0.269. The number of nitrogens with two attached hydrogens (primary N) is 2. The fourth-order valence-corrected chi connectivity index (χ4v) is 3.34. The van der Waals surface area contributed by atoms with Gasteiger partial charge in [0.15, 0.2) is 11.5 Å². The second-order valence-corrected chi connectivity index (χ2v) is 7.32. The number of benzene rings is 2. The van der Waals surface area contributed by atoms with E-state index in [1.165, 1.54) is 0 Å². The lowest BCUT2D eigenvalue weighted by molar-refractivity contribution is 0.229. The van der Waals surface area contributed by atoms with E-state index in [-0.39, 0.29) is 5.92 Å². The number of anilines is 1. The largest absolute Gasteiger partial charge is 0.411 e. The van der Waals surface area contributed by atoms with Crippen LogP contribution in [-0.4, -0.2) is 18.6 Å². The highest BCUT2D eigenvalue weighted by Gasteiger charge is 2.17. The molecule has 0 atom stereocenters. The fraction of sp³-hybridized carbons (Fsp3) is 0.200. The maximum atomic E-state index is 5.55. The highest BCUT2D eigenvalue weighted by Crippen LogP contribution is 2.33. The van der Waals surface area contributed by atoms with E-state index in [4.69, 9.17) is 21.5 Å². The van der Waals surface area contributed by atoms with Gasteiger partial charge in [-0.15, -0.1) is 0 Å². The molecule has 0 radical (unpaired) electrons. The summed E-state index contributed by atoms with van der Waals surface area (Å²) in [7, 11) is 1.96. The molecule has 2 aromatic carbocycles. The number of nitrogens with zero attached hydrogens (tertiary/aromatic N) is 1. The molecule has 164 valence electrons. The Bertz CT molecular complexity index is 1010. The van der Waals surface area contributed by atoms with Crippen LogP contribution in [0.15, 0.2) is 96.8 Å². The van der Waals surface area contributed by atoms with Gasteiger partial charge in [-0.25, -0.2) is 5.01 Å². The summed E-state index contributed by atoms with van der Waals surface area (Å²) in [6.07, 6.45) is 8.88. The van der Waals surface area contributed by atoms with Gasteiger partial charge in [0, 0.05) is 24.6 Å². The molecule has 0 bridgehead atoms. The Kier molecular flexibility index (Phi) is 9.09. The van der Waals surface area contributed by atoms with Crippen LogP contribution in [0, 0.1) is 5.92 Å². The first-order chi connectivity index (χ1) is 15.0. The van der Waals surface area contributed by atoms with E-state index < -0.39 is 0 Å². The van der Waals surface area contributed by atoms with Crippen molar-refractivity contribution in [2.75, 3.05) is 19.0 Å². The molecule has 0 aromatic heterocycles. The Morgan fingerprint density at radius 3 is 2.48 bits per heavy atom. The predicted octanol–water partition coefficient (Wildman–Crippen LogP) is 5.01. The molecule has 0 saturated carbocycles. The van der Waals surface area contributed by atoms with Crippen molar-refractivity contribution in [3.05, 3.63) is 96.8 Å². The third-order valence-electron chi connectivity index (χ3n) is 4.83. The van der Waals surface area contributed by atoms with Crippen molar-refractivity contribution in [3.63, 3.8) is 0 Å². The number of allylic oxidation sites excluding steroid dienone is 5. The smallest absolute Gasteiger partial charge is 0.171 e. The molecular formula is C25H32N4O2. The van der Waals surface area contributed by atoms with Gasteiger partial charge >= 0.3 is 0 Å². The molecule has 31 heavy (non-hydrogen) atoms. The summed E-state index contributed by atoms with van der Waals surface area (Å²) in [6, 6.07) is 11.9. The van der Waals surface area contributed by atoms with Gasteiger partial charge in [0.2, 0.25) is 0 Å².